The number of rotatable bonds is 5. The maximum Gasteiger partial charge on any atom is 0.170 e. The molecule has 2 heterocycles. The van der Waals surface area contributed by atoms with Crippen molar-refractivity contribution in [1.82, 2.24) is 24.7 Å². The number of aromatic nitrogens is 5. The second kappa shape index (κ2) is 7.80. The summed E-state index contributed by atoms with van der Waals surface area (Å²) in [5.74, 6) is 2.12. The molecule has 0 saturated heterocycles. The number of fused-ring (bicyclic) bond motifs is 1. The number of hydrogen-bond acceptors (Lipinski definition) is 4. The highest BCUT2D eigenvalue weighted by molar-refractivity contribution is 5.77. The Labute approximate surface area is 180 Å². The van der Waals surface area contributed by atoms with Crippen molar-refractivity contribution in [2.45, 2.75) is 50.8 Å². The van der Waals surface area contributed by atoms with Gasteiger partial charge in [0, 0.05) is 19.5 Å². The number of alkyl halides is 1. The van der Waals surface area contributed by atoms with Crippen LogP contribution in [-0.4, -0.2) is 30.8 Å². The maximum absolute atomic E-state index is 15.1. The van der Waals surface area contributed by atoms with Gasteiger partial charge < -0.3 is 14.3 Å². The summed E-state index contributed by atoms with van der Waals surface area (Å²) in [5.41, 5.74) is 3.05. The van der Waals surface area contributed by atoms with Crippen molar-refractivity contribution in [3.05, 3.63) is 71.6 Å². The smallest absolute Gasteiger partial charge is 0.170 e. The lowest BCUT2D eigenvalue weighted by Gasteiger charge is -2.32. The van der Waals surface area contributed by atoms with Gasteiger partial charge in [-0.2, -0.15) is 0 Å². The van der Waals surface area contributed by atoms with E-state index in [2.05, 4.69) is 50.9 Å². The lowest BCUT2D eigenvalue weighted by atomic mass is 9.84. The summed E-state index contributed by atoms with van der Waals surface area (Å²) in [5, 5.41) is 7.58. The van der Waals surface area contributed by atoms with E-state index < -0.39 is 5.67 Å². The average molecular weight is 420 g/mol. The van der Waals surface area contributed by atoms with E-state index in [1.807, 2.05) is 25.2 Å². The van der Waals surface area contributed by atoms with Crippen LogP contribution in [0.2, 0.25) is 0 Å². The molecule has 0 amide bonds. The van der Waals surface area contributed by atoms with Crippen LogP contribution in [0, 0.1) is 6.92 Å². The highest BCUT2D eigenvalue weighted by atomic mass is 19.1. The first kappa shape index (κ1) is 19.7. The van der Waals surface area contributed by atoms with E-state index in [9.17, 15) is 0 Å². The molecule has 5 rings (SSSR count). The van der Waals surface area contributed by atoms with E-state index >= 15 is 4.39 Å². The van der Waals surface area contributed by atoms with Crippen LogP contribution in [0.5, 0.6) is 5.75 Å². The summed E-state index contributed by atoms with van der Waals surface area (Å²) in [6.07, 6.45) is 4.21. The first-order valence-corrected chi connectivity index (χ1v) is 10.7. The zero-order valence-electron chi connectivity index (χ0n) is 17.8. The monoisotopic (exact) mass is 419 g/mol. The van der Waals surface area contributed by atoms with Gasteiger partial charge in [0.1, 0.15) is 17.9 Å². The Hall–Kier alpha value is -3.22. The molecule has 1 aliphatic rings. The molecule has 31 heavy (non-hydrogen) atoms. The van der Waals surface area contributed by atoms with Crippen LogP contribution < -0.4 is 4.74 Å². The molecule has 6 nitrogen and oxygen atoms in total. The van der Waals surface area contributed by atoms with Crippen LogP contribution in [0.25, 0.3) is 11.0 Å². The molecule has 0 radical (unpaired) electrons. The highest BCUT2D eigenvalue weighted by Gasteiger charge is 2.40. The SMILES string of the molecule is Cc1cccc(Cc2nc3cc(OC4CCC(F)(c5nnc[nH]5)CC4)ccc3n2C)c1. The van der Waals surface area contributed by atoms with Crippen LogP contribution in [-0.2, 0) is 19.1 Å². The number of H-pyrrole nitrogens is 1. The molecule has 7 heteroatoms. The van der Waals surface area contributed by atoms with E-state index in [4.69, 9.17) is 9.72 Å². The Morgan fingerprint density at radius 1 is 1.19 bits per heavy atom. The standard InChI is InChI=1S/C24H26FN5O/c1-16-4-3-5-17(12-16)13-22-28-20-14-19(6-7-21(20)30(22)2)31-18-8-10-24(25,11-9-18)23-26-15-27-29-23/h3-7,12,14-15,18H,8-11,13H2,1-2H3,(H,26,27,29). The van der Waals surface area contributed by atoms with Gasteiger partial charge in [0.15, 0.2) is 11.5 Å². The number of hydrogen-bond donors (Lipinski definition) is 1. The average Bonchev–Trinajstić information content (AvgIpc) is 3.40. The predicted octanol–water partition coefficient (Wildman–Crippen LogP) is 4.78. The molecule has 2 aromatic carbocycles. The van der Waals surface area contributed by atoms with Crippen molar-refractivity contribution >= 4 is 11.0 Å². The lowest BCUT2D eigenvalue weighted by Crippen LogP contribution is -2.33. The minimum atomic E-state index is -1.44. The van der Waals surface area contributed by atoms with E-state index in [0.717, 1.165) is 29.0 Å². The van der Waals surface area contributed by atoms with E-state index in [1.54, 1.807) is 0 Å². The van der Waals surface area contributed by atoms with Crippen LogP contribution in [0.15, 0.2) is 48.8 Å². The molecule has 0 bridgehead atoms. The Morgan fingerprint density at radius 3 is 2.77 bits per heavy atom. The van der Waals surface area contributed by atoms with E-state index in [-0.39, 0.29) is 6.10 Å². The summed E-state index contributed by atoms with van der Waals surface area (Å²) < 4.78 is 23.4. The summed E-state index contributed by atoms with van der Waals surface area (Å²) >= 11 is 0. The van der Waals surface area contributed by atoms with Gasteiger partial charge in [-0.15, -0.1) is 10.2 Å². The molecule has 1 N–H and O–H groups in total. The van der Waals surface area contributed by atoms with Crippen LogP contribution in [0.4, 0.5) is 4.39 Å². The summed E-state index contributed by atoms with van der Waals surface area (Å²) in [7, 11) is 2.05. The van der Waals surface area contributed by atoms with Crippen LogP contribution in [0.3, 0.4) is 0 Å². The number of ether oxygens (including phenoxy) is 1. The summed E-state index contributed by atoms with van der Waals surface area (Å²) in [6, 6.07) is 14.5. The Morgan fingerprint density at radius 2 is 2.03 bits per heavy atom. The minimum absolute atomic E-state index is 0.0141. The number of aromatic amines is 1. The fourth-order valence-electron chi connectivity index (χ4n) is 4.49. The number of nitrogens with one attached hydrogen (secondary N) is 1. The lowest BCUT2D eigenvalue weighted by molar-refractivity contribution is 0.0367. The van der Waals surface area contributed by atoms with Gasteiger partial charge in [0.25, 0.3) is 0 Å². The van der Waals surface area contributed by atoms with E-state index in [1.165, 1.54) is 17.5 Å². The molecule has 2 aromatic heterocycles. The second-order valence-corrected chi connectivity index (χ2v) is 8.52. The number of halogens is 1. The molecule has 1 aliphatic carbocycles. The van der Waals surface area contributed by atoms with Crippen molar-refractivity contribution < 1.29 is 9.13 Å². The van der Waals surface area contributed by atoms with Crippen molar-refractivity contribution in [3.8, 4) is 5.75 Å². The molecule has 1 saturated carbocycles. The first-order valence-electron chi connectivity index (χ1n) is 10.7. The third-order valence-electron chi connectivity index (χ3n) is 6.26. The third-order valence-corrected chi connectivity index (χ3v) is 6.26. The molecule has 160 valence electrons. The van der Waals surface area contributed by atoms with Gasteiger partial charge >= 0.3 is 0 Å². The van der Waals surface area contributed by atoms with Crippen molar-refractivity contribution in [2.24, 2.45) is 7.05 Å². The number of imidazole rings is 1. The van der Waals surface area contributed by atoms with Gasteiger partial charge in [-0.1, -0.05) is 29.8 Å². The first-order chi connectivity index (χ1) is 15.0. The van der Waals surface area contributed by atoms with Crippen LogP contribution >= 0.6 is 0 Å². The van der Waals surface area contributed by atoms with Gasteiger partial charge in [0.2, 0.25) is 0 Å². The molecule has 0 unspecified atom stereocenters. The molecular formula is C24H26FN5O. The maximum atomic E-state index is 15.1. The quantitative estimate of drug-likeness (QED) is 0.506. The molecular weight excluding hydrogens is 393 g/mol. The third kappa shape index (κ3) is 3.92. The van der Waals surface area contributed by atoms with Crippen molar-refractivity contribution in [1.29, 1.82) is 0 Å². The topological polar surface area (TPSA) is 68.6 Å². The van der Waals surface area contributed by atoms with Gasteiger partial charge in [-0.05, 0) is 50.3 Å². The van der Waals surface area contributed by atoms with Crippen molar-refractivity contribution in [2.75, 3.05) is 0 Å². The summed E-state index contributed by atoms with van der Waals surface area (Å²) in [4.78, 5) is 7.66. The number of benzene rings is 2. The Kier molecular flexibility index (Phi) is 4.96. The Balaban J connectivity index is 1.29. The largest absolute Gasteiger partial charge is 0.490 e. The molecule has 0 spiro atoms. The second-order valence-electron chi connectivity index (χ2n) is 8.52. The molecule has 4 aromatic rings. The molecule has 1 fully saturated rings. The van der Waals surface area contributed by atoms with Crippen LogP contribution in [0.1, 0.15) is 48.5 Å². The molecule has 0 atom stereocenters. The zero-order chi connectivity index (χ0) is 21.4. The fourth-order valence-corrected chi connectivity index (χ4v) is 4.49. The highest BCUT2D eigenvalue weighted by Crippen LogP contribution is 2.40. The summed E-state index contributed by atoms with van der Waals surface area (Å²) in [6.45, 7) is 2.10. The van der Waals surface area contributed by atoms with E-state index in [0.29, 0.717) is 31.5 Å². The predicted molar refractivity (Wildman–Crippen MR) is 117 cm³/mol. The fraction of sp³-hybridized carbons (Fsp3) is 0.375. The minimum Gasteiger partial charge on any atom is -0.490 e. The Bertz CT molecular complexity index is 1190. The van der Waals surface area contributed by atoms with Gasteiger partial charge in [-0.3, -0.25) is 0 Å². The zero-order valence-corrected chi connectivity index (χ0v) is 17.8. The van der Waals surface area contributed by atoms with Gasteiger partial charge in [-0.25, -0.2) is 9.37 Å². The normalized spacial score (nSPS) is 21.5. The van der Waals surface area contributed by atoms with Crippen molar-refractivity contribution in [3.63, 3.8) is 0 Å². The number of nitrogens with zero attached hydrogens (tertiary/aromatic N) is 4. The van der Waals surface area contributed by atoms with Gasteiger partial charge in [0.05, 0.1) is 17.1 Å². The molecule has 0 aliphatic heterocycles. The number of aryl methyl sites for hydroxylation is 2.